The van der Waals surface area contributed by atoms with Crippen LogP contribution in [0.5, 0.6) is 0 Å². The summed E-state index contributed by atoms with van der Waals surface area (Å²) < 4.78 is 1.75. The molecule has 1 spiro atoms. The molecule has 37 heavy (non-hydrogen) atoms. The SMILES string of the molecule is C[C@@H](C1CC1)N(Cc1ccccc1)C(=O)CN1C(=O)N[C@]2(CCc3cc(-c4cnn(C)c4)ccc32)C1=O. The summed E-state index contributed by atoms with van der Waals surface area (Å²) in [7, 11) is 1.88. The highest BCUT2D eigenvalue weighted by molar-refractivity contribution is 6.10. The summed E-state index contributed by atoms with van der Waals surface area (Å²) in [5, 5.41) is 7.20. The minimum Gasteiger partial charge on any atom is -0.334 e. The van der Waals surface area contributed by atoms with Gasteiger partial charge in [0.2, 0.25) is 5.91 Å². The van der Waals surface area contributed by atoms with Crippen LogP contribution in [0, 0.1) is 5.92 Å². The number of carbonyl (C=O) groups is 3. The number of imide groups is 1. The standard InChI is InChI=1S/C29H31N5O3/c1-19(21-8-9-21)33(16-20-6-4-3-5-7-20)26(35)18-34-27(36)29(31-28(34)37)13-12-23-14-22(10-11-25(23)29)24-15-30-32(2)17-24/h3-7,10-11,14-15,17,19,21H,8-9,12-13,16,18H2,1-2H3,(H,31,37)/t19-,29-/m0/s1. The van der Waals surface area contributed by atoms with Crippen LogP contribution in [0.1, 0.15) is 42.9 Å². The minimum absolute atomic E-state index is 0.0561. The van der Waals surface area contributed by atoms with Gasteiger partial charge in [0, 0.05) is 31.4 Å². The highest BCUT2D eigenvalue weighted by Crippen LogP contribution is 2.43. The number of amides is 4. The Morgan fingerprint density at radius 1 is 1.16 bits per heavy atom. The summed E-state index contributed by atoms with van der Waals surface area (Å²) in [6.07, 6.45) is 7.13. The number of aryl methyl sites for hydroxylation is 2. The molecular formula is C29H31N5O3. The van der Waals surface area contributed by atoms with Gasteiger partial charge in [0.1, 0.15) is 12.1 Å². The third-order valence-corrected chi connectivity index (χ3v) is 8.15. The number of urea groups is 1. The molecule has 1 N–H and O–H groups in total. The molecule has 0 radical (unpaired) electrons. The van der Waals surface area contributed by atoms with Gasteiger partial charge in [0.25, 0.3) is 5.91 Å². The first-order valence-corrected chi connectivity index (χ1v) is 13.0. The van der Waals surface area contributed by atoms with Crippen LogP contribution in [-0.4, -0.2) is 50.0 Å². The quantitative estimate of drug-likeness (QED) is 0.505. The van der Waals surface area contributed by atoms with E-state index in [-0.39, 0.29) is 24.4 Å². The third kappa shape index (κ3) is 4.10. The van der Waals surface area contributed by atoms with E-state index >= 15 is 0 Å². The smallest absolute Gasteiger partial charge is 0.325 e. The van der Waals surface area contributed by atoms with Gasteiger partial charge < -0.3 is 10.2 Å². The lowest BCUT2D eigenvalue weighted by atomic mass is 9.90. The van der Waals surface area contributed by atoms with Gasteiger partial charge in [-0.05, 0) is 60.8 Å². The van der Waals surface area contributed by atoms with E-state index in [0.717, 1.165) is 45.6 Å². The molecular weight excluding hydrogens is 466 g/mol. The van der Waals surface area contributed by atoms with Crippen LogP contribution in [-0.2, 0) is 35.1 Å². The predicted molar refractivity (Wildman–Crippen MR) is 138 cm³/mol. The topological polar surface area (TPSA) is 87.5 Å². The molecule has 0 unspecified atom stereocenters. The van der Waals surface area contributed by atoms with Crippen LogP contribution in [0.15, 0.2) is 60.9 Å². The van der Waals surface area contributed by atoms with Crippen molar-refractivity contribution in [2.45, 2.75) is 50.7 Å². The Bertz CT molecular complexity index is 1380. The zero-order valence-electron chi connectivity index (χ0n) is 21.2. The summed E-state index contributed by atoms with van der Waals surface area (Å²) in [5.74, 6) is -0.0655. The Morgan fingerprint density at radius 3 is 2.65 bits per heavy atom. The molecule has 1 aliphatic heterocycles. The molecule has 2 aliphatic carbocycles. The van der Waals surface area contributed by atoms with Crippen molar-refractivity contribution in [1.82, 2.24) is 24.9 Å². The Morgan fingerprint density at radius 2 is 1.95 bits per heavy atom. The number of fused-ring (bicyclic) bond motifs is 2. The molecule has 0 bridgehead atoms. The highest BCUT2D eigenvalue weighted by atomic mass is 16.2. The van der Waals surface area contributed by atoms with Crippen molar-refractivity contribution in [3.05, 3.63) is 77.6 Å². The molecule has 8 heteroatoms. The first-order valence-electron chi connectivity index (χ1n) is 13.0. The molecule has 4 amide bonds. The molecule has 1 aromatic heterocycles. The van der Waals surface area contributed by atoms with E-state index in [4.69, 9.17) is 0 Å². The number of benzene rings is 2. The van der Waals surface area contributed by atoms with Crippen LogP contribution in [0.25, 0.3) is 11.1 Å². The second kappa shape index (κ2) is 8.87. The Kier molecular flexibility index (Phi) is 5.62. The normalized spacial score (nSPS) is 21.3. The minimum atomic E-state index is -1.10. The summed E-state index contributed by atoms with van der Waals surface area (Å²) in [5.41, 5.74) is 3.82. The molecule has 1 saturated heterocycles. The van der Waals surface area contributed by atoms with Crippen molar-refractivity contribution in [1.29, 1.82) is 0 Å². The van der Waals surface area contributed by atoms with E-state index in [2.05, 4.69) is 23.4 Å². The fourth-order valence-corrected chi connectivity index (χ4v) is 5.84. The number of nitrogens with zero attached hydrogens (tertiary/aromatic N) is 4. The van der Waals surface area contributed by atoms with Crippen molar-refractivity contribution >= 4 is 17.8 Å². The van der Waals surface area contributed by atoms with Crippen molar-refractivity contribution in [3.8, 4) is 11.1 Å². The van der Waals surface area contributed by atoms with E-state index in [1.807, 2.05) is 66.8 Å². The number of hydrogen-bond acceptors (Lipinski definition) is 4. The van der Waals surface area contributed by atoms with E-state index in [9.17, 15) is 14.4 Å². The number of aromatic nitrogens is 2. The van der Waals surface area contributed by atoms with Gasteiger partial charge >= 0.3 is 6.03 Å². The van der Waals surface area contributed by atoms with Crippen LogP contribution in [0.3, 0.4) is 0 Å². The van der Waals surface area contributed by atoms with Gasteiger partial charge in [-0.3, -0.25) is 19.2 Å². The van der Waals surface area contributed by atoms with Gasteiger partial charge in [0.15, 0.2) is 0 Å². The van der Waals surface area contributed by atoms with Gasteiger partial charge in [-0.2, -0.15) is 5.10 Å². The van der Waals surface area contributed by atoms with Crippen molar-refractivity contribution in [3.63, 3.8) is 0 Å². The van der Waals surface area contributed by atoms with Gasteiger partial charge in [-0.1, -0.05) is 48.5 Å². The molecule has 8 nitrogen and oxygen atoms in total. The Labute approximate surface area is 216 Å². The van der Waals surface area contributed by atoms with Crippen molar-refractivity contribution in [2.75, 3.05) is 6.54 Å². The molecule has 2 fully saturated rings. The van der Waals surface area contributed by atoms with Crippen LogP contribution < -0.4 is 5.32 Å². The maximum atomic E-state index is 13.8. The molecule has 6 rings (SSSR count). The first-order chi connectivity index (χ1) is 17.9. The monoisotopic (exact) mass is 497 g/mol. The largest absolute Gasteiger partial charge is 0.334 e. The summed E-state index contributed by atoms with van der Waals surface area (Å²) >= 11 is 0. The zero-order chi connectivity index (χ0) is 25.7. The molecule has 2 aromatic carbocycles. The summed E-state index contributed by atoms with van der Waals surface area (Å²) in [6, 6.07) is 15.4. The molecule has 1 saturated carbocycles. The predicted octanol–water partition coefficient (Wildman–Crippen LogP) is 3.61. The van der Waals surface area contributed by atoms with E-state index in [0.29, 0.717) is 25.3 Å². The van der Waals surface area contributed by atoms with Gasteiger partial charge in [0.05, 0.1) is 6.20 Å². The fraction of sp³-hybridized carbons (Fsp3) is 0.379. The highest BCUT2D eigenvalue weighted by Gasteiger charge is 2.56. The molecule has 3 aliphatic rings. The number of carbonyl (C=O) groups excluding carboxylic acids is 3. The van der Waals surface area contributed by atoms with Gasteiger partial charge in [-0.15, -0.1) is 0 Å². The van der Waals surface area contributed by atoms with Crippen LogP contribution in [0.2, 0.25) is 0 Å². The lowest BCUT2D eigenvalue weighted by Crippen LogP contribution is -2.47. The maximum absolute atomic E-state index is 13.8. The molecule has 2 atom stereocenters. The van der Waals surface area contributed by atoms with Gasteiger partial charge in [-0.25, -0.2) is 4.79 Å². The maximum Gasteiger partial charge on any atom is 0.325 e. The Balaban J connectivity index is 1.23. The fourth-order valence-electron chi connectivity index (χ4n) is 5.84. The van der Waals surface area contributed by atoms with Crippen molar-refractivity contribution in [2.24, 2.45) is 13.0 Å². The number of hydrogen-bond donors (Lipinski definition) is 1. The van der Waals surface area contributed by atoms with E-state index < -0.39 is 11.6 Å². The Hall–Kier alpha value is -3.94. The lowest BCUT2D eigenvalue weighted by Gasteiger charge is -2.31. The number of rotatable bonds is 7. The third-order valence-electron chi connectivity index (χ3n) is 8.15. The number of nitrogens with one attached hydrogen (secondary N) is 1. The average molecular weight is 498 g/mol. The van der Waals surface area contributed by atoms with Crippen LogP contribution >= 0.6 is 0 Å². The zero-order valence-corrected chi connectivity index (χ0v) is 21.2. The molecule has 2 heterocycles. The summed E-state index contributed by atoms with van der Waals surface area (Å²) in [4.78, 5) is 43.4. The van der Waals surface area contributed by atoms with Crippen LogP contribution in [0.4, 0.5) is 4.79 Å². The summed E-state index contributed by atoms with van der Waals surface area (Å²) in [6.45, 7) is 2.28. The average Bonchev–Trinajstić information content (AvgIpc) is 3.50. The van der Waals surface area contributed by atoms with E-state index in [1.165, 1.54) is 0 Å². The lowest BCUT2D eigenvalue weighted by molar-refractivity contribution is -0.141. The second-order valence-electron chi connectivity index (χ2n) is 10.6. The second-order valence-corrected chi connectivity index (χ2v) is 10.6. The molecule has 3 aromatic rings. The first kappa shape index (κ1) is 23.5. The van der Waals surface area contributed by atoms with Crippen molar-refractivity contribution < 1.29 is 14.4 Å². The molecule has 190 valence electrons. The van der Waals surface area contributed by atoms with E-state index in [1.54, 1.807) is 4.68 Å².